The summed E-state index contributed by atoms with van der Waals surface area (Å²) >= 11 is 0. The molecule has 3 rings (SSSR count). The summed E-state index contributed by atoms with van der Waals surface area (Å²) in [4.78, 5) is 12.4. The Morgan fingerprint density at radius 2 is 1.56 bits per heavy atom. The van der Waals surface area contributed by atoms with Crippen molar-refractivity contribution < 1.29 is 9.53 Å². The van der Waals surface area contributed by atoms with Crippen molar-refractivity contribution in [1.29, 1.82) is 5.26 Å². The number of rotatable bonds is 6. The van der Waals surface area contributed by atoms with Crippen LogP contribution < -0.4 is 15.4 Å². The Bertz CT molecular complexity index is 947. The maximum Gasteiger partial charge on any atom is 0.246 e. The van der Waals surface area contributed by atoms with Crippen molar-refractivity contribution in [3.05, 3.63) is 84.4 Å². The highest BCUT2D eigenvalue weighted by molar-refractivity contribution is 5.97. The van der Waals surface area contributed by atoms with Gasteiger partial charge in [-0.1, -0.05) is 30.3 Å². The standard InChI is InChI=1S/C22H19N3O2/c1-16(22(26)25-21-10-6-5-7-17(21)15-23)24-18-11-13-20(14-12-18)27-19-8-3-2-4-9-19/h2-14,16,24H,1H3,(H,25,26)/t16-/m0/s1. The van der Waals surface area contributed by atoms with Crippen LogP contribution in [0.5, 0.6) is 11.5 Å². The molecular weight excluding hydrogens is 338 g/mol. The lowest BCUT2D eigenvalue weighted by Crippen LogP contribution is -2.32. The zero-order valence-corrected chi connectivity index (χ0v) is 14.8. The van der Waals surface area contributed by atoms with E-state index in [1.807, 2.05) is 54.6 Å². The van der Waals surface area contributed by atoms with Crippen molar-refractivity contribution in [3.8, 4) is 17.6 Å². The third kappa shape index (κ3) is 4.86. The number of hydrogen-bond donors (Lipinski definition) is 2. The second-order valence-electron chi connectivity index (χ2n) is 5.95. The first-order valence-corrected chi connectivity index (χ1v) is 8.55. The minimum atomic E-state index is -0.474. The minimum absolute atomic E-state index is 0.220. The van der Waals surface area contributed by atoms with Gasteiger partial charge in [0, 0.05) is 5.69 Å². The molecule has 0 radical (unpaired) electrons. The third-order valence-electron chi connectivity index (χ3n) is 3.92. The normalized spacial score (nSPS) is 11.1. The predicted molar refractivity (Wildman–Crippen MR) is 106 cm³/mol. The molecule has 0 saturated carbocycles. The maximum atomic E-state index is 12.4. The van der Waals surface area contributed by atoms with Crippen molar-refractivity contribution >= 4 is 17.3 Å². The van der Waals surface area contributed by atoms with Crippen molar-refractivity contribution in [2.24, 2.45) is 0 Å². The summed E-state index contributed by atoms with van der Waals surface area (Å²) in [5.41, 5.74) is 1.73. The summed E-state index contributed by atoms with van der Waals surface area (Å²) in [7, 11) is 0. The van der Waals surface area contributed by atoms with Gasteiger partial charge in [0.2, 0.25) is 5.91 Å². The van der Waals surface area contributed by atoms with Crippen LogP contribution in [0.4, 0.5) is 11.4 Å². The van der Waals surface area contributed by atoms with Gasteiger partial charge in [0.05, 0.1) is 11.3 Å². The van der Waals surface area contributed by atoms with Crippen LogP contribution in [-0.2, 0) is 4.79 Å². The summed E-state index contributed by atoms with van der Waals surface area (Å²) in [6.07, 6.45) is 0. The smallest absolute Gasteiger partial charge is 0.246 e. The van der Waals surface area contributed by atoms with Crippen LogP contribution in [-0.4, -0.2) is 11.9 Å². The Morgan fingerprint density at radius 3 is 2.26 bits per heavy atom. The van der Waals surface area contributed by atoms with Crippen molar-refractivity contribution in [3.63, 3.8) is 0 Å². The van der Waals surface area contributed by atoms with Crippen LogP contribution in [0.2, 0.25) is 0 Å². The molecule has 3 aromatic rings. The van der Waals surface area contributed by atoms with Gasteiger partial charge in [0.15, 0.2) is 0 Å². The molecule has 0 aliphatic carbocycles. The van der Waals surface area contributed by atoms with E-state index in [0.29, 0.717) is 17.0 Å². The van der Waals surface area contributed by atoms with E-state index in [2.05, 4.69) is 16.7 Å². The topological polar surface area (TPSA) is 74.2 Å². The van der Waals surface area contributed by atoms with Crippen LogP contribution in [0.15, 0.2) is 78.9 Å². The maximum absolute atomic E-state index is 12.4. The van der Waals surface area contributed by atoms with Gasteiger partial charge in [-0.25, -0.2) is 0 Å². The van der Waals surface area contributed by atoms with Gasteiger partial charge in [-0.05, 0) is 55.5 Å². The Labute approximate surface area is 158 Å². The molecule has 0 aliphatic heterocycles. The second-order valence-corrected chi connectivity index (χ2v) is 5.95. The van der Waals surface area contributed by atoms with Crippen LogP contribution >= 0.6 is 0 Å². The van der Waals surface area contributed by atoms with Crippen molar-refractivity contribution in [2.75, 3.05) is 10.6 Å². The molecule has 0 saturated heterocycles. The highest BCUT2D eigenvalue weighted by Crippen LogP contribution is 2.23. The molecule has 0 heterocycles. The second kappa shape index (κ2) is 8.54. The molecule has 1 atom stereocenters. The average molecular weight is 357 g/mol. The molecule has 0 fully saturated rings. The lowest BCUT2D eigenvalue weighted by Gasteiger charge is -2.16. The fraction of sp³-hybridized carbons (Fsp3) is 0.0909. The molecule has 0 aromatic heterocycles. The van der Waals surface area contributed by atoms with E-state index >= 15 is 0 Å². The molecular formula is C22H19N3O2. The monoisotopic (exact) mass is 357 g/mol. The molecule has 0 unspecified atom stereocenters. The summed E-state index contributed by atoms with van der Waals surface area (Å²) in [6.45, 7) is 1.76. The van der Waals surface area contributed by atoms with Crippen molar-refractivity contribution in [2.45, 2.75) is 13.0 Å². The van der Waals surface area contributed by atoms with E-state index in [1.165, 1.54) is 0 Å². The molecule has 27 heavy (non-hydrogen) atoms. The number of nitrogens with one attached hydrogen (secondary N) is 2. The van der Waals surface area contributed by atoms with Gasteiger partial charge in [-0.3, -0.25) is 4.79 Å². The van der Waals surface area contributed by atoms with Gasteiger partial charge in [-0.2, -0.15) is 5.26 Å². The van der Waals surface area contributed by atoms with Crippen LogP contribution in [0, 0.1) is 11.3 Å². The van der Waals surface area contributed by atoms with E-state index in [1.54, 1.807) is 31.2 Å². The summed E-state index contributed by atoms with van der Waals surface area (Å²) in [6, 6.07) is 25.4. The van der Waals surface area contributed by atoms with E-state index in [0.717, 1.165) is 11.4 Å². The minimum Gasteiger partial charge on any atom is -0.457 e. The third-order valence-corrected chi connectivity index (χ3v) is 3.92. The number of hydrogen-bond acceptors (Lipinski definition) is 4. The summed E-state index contributed by atoms with van der Waals surface area (Å²) in [5, 5.41) is 15.0. The van der Waals surface area contributed by atoms with Gasteiger partial charge in [0.25, 0.3) is 0 Å². The molecule has 3 aromatic carbocycles. The number of nitriles is 1. The fourth-order valence-electron chi connectivity index (χ4n) is 2.49. The van der Waals surface area contributed by atoms with E-state index in [4.69, 9.17) is 10.00 Å². The Balaban J connectivity index is 1.59. The fourth-order valence-corrected chi connectivity index (χ4v) is 2.49. The number of ether oxygens (including phenoxy) is 1. The average Bonchev–Trinajstić information content (AvgIpc) is 2.70. The van der Waals surface area contributed by atoms with Gasteiger partial charge >= 0.3 is 0 Å². The zero-order valence-electron chi connectivity index (χ0n) is 14.8. The molecule has 1 amide bonds. The molecule has 2 N–H and O–H groups in total. The number of carbonyl (C=O) groups is 1. The number of amides is 1. The number of benzene rings is 3. The number of anilines is 2. The molecule has 134 valence electrons. The van der Waals surface area contributed by atoms with Gasteiger partial charge in [-0.15, -0.1) is 0 Å². The van der Waals surface area contributed by atoms with Crippen LogP contribution in [0.3, 0.4) is 0 Å². The lowest BCUT2D eigenvalue weighted by atomic mass is 10.2. The largest absolute Gasteiger partial charge is 0.457 e. The van der Waals surface area contributed by atoms with Crippen molar-refractivity contribution in [1.82, 2.24) is 0 Å². The number of para-hydroxylation sites is 2. The summed E-state index contributed by atoms with van der Waals surface area (Å²) in [5.74, 6) is 1.26. The summed E-state index contributed by atoms with van der Waals surface area (Å²) < 4.78 is 5.75. The predicted octanol–water partition coefficient (Wildman–Crippen LogP) is 4.79. The van der Waals surface area contributed by atoms with Gasteiger partial charge < -0.3 is 15.4 Å². The highest BCUT2D eigenvalue weighted by atomic mass is 16.5. The zero-order chi connectivity index (χ0) is 19.1. The first-order chi connectivity index (χ1) is 13.2. The molecule has 5 heteroatoms. The Morgan fingerprint density at radius 1 is 0.926 bits per heavy atom. The van der Waals surface area contributed by atoms with Crippen LogP contribution in [0.25, 0.3) is 0 Å². The number of carbonyl (C=O) groups excluding carboxylic acids is 1. The quantitative estimate of drug-likeness (QED) is 0.665. The Hall–Kier alpha value is -3.78. The molecule has 0 aliphatic rings. The first kappa shape index (κ1) is 18.0. The van der Waals surface area contributed by atoms with E-state index in [9.17, 15) is 4.79 Å². The molecule has 0 spiro atoms. The van der Waals surface area contributed by atoms with Crippen LogP contribution in [0.1, 0.15) is 12.5 Å². The van der Waals surface area contributed by atoms with Gasteiger partial charge in [0.1, 0.15) is 23.6 Å². The highest BCUT2D eigenvalue weighted by Gasteiger charge is 2.14. The molecule has 5 nitrogen and oxygen atoms in total. The Kier molecular flexibility index (Phi) is 5.70. The molecule has 0 bridgehead atoms. The first-order valence-electron chi connectivity index (χ1n) is 8.55. The SMILES string of the molecule is C[C@H](Nc1ccc(Oc2ccccc2)cc1)C(=O)Nc1ccccc1C#N. The lowest BCUT2D eigenvalue weighted by molar-refractivity contribution is -0.116. The van der Waals surface area contributed by atoms with E-state index in [-0.39, 0.29) is 5.91 Å². The van der Waals surface area contributed by atoms with E-state index < -0.39 is 6.04 Å². The number of nitrogens with zero attached hydrogens (tertiary/aromatic N) is 1.